The summed E-state index contributed by atoms with van der Waals surface area (Å²) in [6.07, 6.45) is 1.64. The van der Waals surface area contributed by atoms with Gasteiger partial charge in [0.2, 0.25) is 0 Å². The van der Waals surface area contributed by atoms with E-state index in [2.05, 4.69) is 17.4 Å². The predicted octanol–water partition coefficient (Wildman–Crippen LogP) is 3.36. The highest BCUT2D eigenvalue weighted by Crippen LogP contribution is 2.18. The van der Waals surface area contributed by atoms with Crippen LogP contribution in [-0.2, 0) is 0 Å². The molecule has 0 aliphatic carbocycles. The zero-order valence-corrected chi connectivity index (χ0v) is 15.5. The summed E-state index contributed by atoms with van der Waals surface area (Å²) in [7, 11) is 0. The Morgan fingerprint density at radius 2 is 1.67 bits per heavy atom. The number of hydrogen-bond acceptors (Lipinski definition) is 4. The number of amides is 2. The standard InChI is InChI=1S/C21H24N2O4/c1-4-13-26-17-11-9-16(10-12-17)20(24)22-23-21(25)18-7-5-6-8-19(18)27-14-15(2)3/h4-12,15H,1,13-14H2,2-3H3,(H,22,24)(H,23,25). The van der Waals surface area contributed by atoms with Crippen molar-refractivity contribution >= 4 is 11.8 Å². The highest BCUT2D eigenvalue weighted by Gasteiger charge is 2.14. The van der Waals surface area contributed by atoms with E-state index in [0.717, 1.165) is 0 Å². The second kappa shape index (κ2) is 10.0. The van der Waals surface area contributed by atoms with Crippen molar-refractivity contribution in [2.75, 3.05) is 13.2 Å². The molecular formula is C21H24N2O4. The van der Waals surface area contributed by atoms with Crippen molar-refractivity contribution in [2.24, 2.45) is 5.92 Å². The molecule has 27 heavy (non-hydrogen) atoms. The smallest absolute Gasteiger partial charge is 0.273 e. The van der Waals surface area contributed by atoms with Crippen LogP contribution in [-0.4, -0.2) is 25.0 Å². The quantitative estimate of drug-likeness (QED) is 0.553. The van der Waals surface area contributed by atoms with Crippen molar-refractivity contribution in [3.05, 3.63) is 72.3 Å². The highest BCUT2D eigenvalue weighted by molar-refractivity contribution is 6.00. The molecule has 0 aromatic heterocycles. The Hall–Kier alpha value is -3.28. The highest BCUT2D eigenvalue weighted by atomic mass is 16.5. The minimum Gasteiger partial charge on any atom is -0.492 e. The Balaban J connectivity index is 1.95. The van der Waals surface area contributed by atoms with Gasteiger partial charge < -0.3 is 9.47 Å². The third kappa shape index (κ3) is 6.18. The summed E-state index contributed by atoms with van der Waals surface area (Å²) in [5.41, 5.74) is 5.56. The molecule has 0 spiro atoms. The van der Waals surface area contributed by atoms with E-state index in [1.165, 1.54) is 0 Å². The van der Waals surface area contributed by atoms with Crippen LogP contribution in [0.2, 0.25) is 0 Å². The van der Waals surface area contributed by atoms with Gasteiger partial charge in [0.25, 0.3) is 11.8 Å². The summed E-state index contributed by atoms with van der Waals surface area (Å²) in [4.78, 5) is 24.6. The number of para-hydroxylation sites is 1. The van der Waals surface area contributed by atoms with E-state index in [1.807, 2.05) is 13.8 Å². The van der Waals surface area contributed by atoms with Crippen LogP contribution >= 0.6 is 0 Å². The first-order chi connectivity index (χ1) is 13.0. The lowest BCUT2D eigenvalue weighted by molar-refractivity contribution is 0.0844. The molecule has 0 aliphatic rings. The second-order valence-electron chi connectivity index (χ2n) is 6.23. The summed E-state index contributed by atoms with van der Waals surface area (Å²) >= 11 is 0. The Kier molecular flexibility index (Phi) is 7.43. The fraction of sp³-hybridized carbons (Fsp3) is 0.238. The van der Waals surface area contributed by atoms with Crippen LogP contribution in [0.15, 0.2) is 61.2 Å². The lowest BCUT2D eigenvalue weighted by Crippen LogP contribution is -2.41. The van der Waals surface area contributed by atoms with Crippen LogP contribution in [0.4, 0.5) is 0 Å². The molecule has 2 N–H and O–H groups in total. The van der Waals surface area contributed by atoms with Gasteiger partial charge in [0.05, 0.1) is 12.2 Å². The maximum Gasteiger partial charge on any atom is 0.273 e. The molecule has 0 heterocycles. The number of ether oxygens (including phenoxy) is 2. The van der Waals surface area contributed by atoms with Gasteiger partial charge in [0.1, 0.15) is 18.1 Å². The number of nitrogens with one attached hydrogen (secondary N) is 2. The van der Waals surface area contributed by atoms with Gasteiger partial charge >= 0.3 is 0 Å². The summed E-state index contributed by atoms with van der Waals surface area (Å²) < 4.78 is 11.0. The van der Waals surface area contributed by atoms with Gasteiger partial charge in [-0.05, 0) is 42.3 Å². The number of hydrogen-bond donors (Lipinski definition) is 2. The summed E-state index contributed by atoms with van der Waals surface area (Å²) in [5.74, 6) is 0.556. The predicted molar refractivity (Wildman–Crippen MR) is 104 cm³/mol. The van der Waals surface area contributed by atoms with Crippen molar-refractivity contribution in [3.8, 4) is 11.5 Å². The van der Waals surface area contributed by atoms with Gasteiger partial charge in [-0.2, -0.15) is 0 Å². The SMILES string of the molecule is C=CCOc1ccc(C(=O)NNC(=O)c2ccccc2OCC(C)C)cc1. The lowest BCUT2D eigenvalue weighted by atomic mass is 10.2. The van der Waals surface area contributed by atoms with Gasteiger partial charge in [-0.1, -0.05) is 38.6 Å². The van der Waals surface area contributed by atoms with Gasteiger partial charge in [-0.25, -0.2) is 0 Å². The normalized spacial score (nSPS) is 10.2. The van der Waals surface area contributed by atoms with Crippen LogP contribution < -0.4 is 20.3 Å². The van der Waals surface area contributed by atoms with E-state index in [-0.39, 0.29) is 0 Å². The van der Waals surface area contributed by atoms with Crippen molar-refractivity contribution < 1.29 is 19.1 Å². The topological polar surface area (TPSA) is 76.7 Å². The Labute approximate surface area is 159 Å². The first kappa shape index (κ1) is 20.0. The lowest BCUT2D eigenvalue weighted by Gasteiger charge is -2.13. The van der Waals surface area contributed by atoms with Crippen LogP contribution in [0.3, 0.4) is 0 Å². The van der Waals surface area contributed by atoms with E-state index in [4.69, 9.17) is 9.47 Å². The zero-order valence-electron chi connectivity index (χ0n) is 15.5. The van der Waals surface area contributed by atoms with Gasteiger partial charge in [-0.3, -0.25) is 20.4 Å². The Morgan fingerprint density at radius 3 is 2.33 bits per heavy atom. The number of carbonyl (C=O) groups is 2. The van der Waals surface area contributed by atoms with Gasteiger partial charge in [0, 0.05) is 5.56 Å². The first-order valence-electron chi connectivity index (χ1n) is 8.67. The van der Waals surface area contributed by atoms with Crippen molar-refractivity contribution in [1.82, 2.24) is 10.9 Å². The van der Waals surface area contributed by atoms with Crippen molar-refractivity contribution in [3.63, 3.8) is 0 Å². The number of hydrazine groups is 1. The molecule has 0 saturated carbocycles. The number of benzene rings is 2. The average molecular weight is 368 g/mol. The monoisotopic (exact) mass is 368 g/mol. The largest absolute Gasteiger partial charge is 0.492 e. The van der Waals surface area contributed by atoms with Crippen LogP contribution in [0.25, 0.3) is 0 Å². The summed E-state index contributed by atoms with van der Waals surface area (Å²) in [5, 5.41) is 0. The van der Waals surface area contributed by atoms with Crippen molar-refractivity contribution in [1.29, 1.82) is 0 Å². The number of rotatable bonds is 8. The average Bonchev–Trinajstić information content (AvgIpc) is 2.69. The van der Waals surface area contributed by atoms with Crippen LogP contribution in [0.5, 0.6) is 11.5 Å². The Morgan fingerprint density at radius 1 is 1.00 bits per heavy atom. The summed E-state index contributed by atoms with van der Waals surface area (Å²) in [6, 6.07) is 13.5. The van der Waals surface area contributed by atoms with Crippen LogP contribution in [0, 0.1) is 5.92 Å². The fourth-order valence-corrected chi connectivity index (χ4v) is 2.15. The van der Waals surface area contributed by atoms with E-state index in [1.54, 1.807) is 54.6 Å². The van der Waals surface area contributed by atoms with Crippen LogP contribution in [0.1, 0.15) is 34.6 Å². The molecule has 0 atom stereocenters. The molecule has 0 fully saturated rings. The van der Waals surface area contributed by atoms with Crippen molar-refractivity contribution in [2.45, 2.75) is 13.8 Å². The van der Waals surface area contributed by atoms with E-state index < -0.39 is 11.8 Å². The van der Waals surface area contributed by atoms with E-state index in [9.17, 15) is 9.59 Å². The molecule has 6 nitrogen and oxygen atoms in total. The molecule has 142 valence electrons. The molecule has 6 heteroatoms. The maximum absolute atomic E-state index is 12.4. The van der Waals surface area contributed by atoms with E-state index >= 15 is 0 Å². The first-order valence-corrected chi connectivity index (χ1v) is 8.67. The molecule has 2 aromatic rings. The minimum atomic E-state index is -0.450. The fourth-order valence-electron chi connectivity index (χ4n) is 2.15. The molecule has 0 unspecified atom stereocenters. The van der Waals surface area contributed by atoms with E-state index in [0.29, 0.717) is 41.8 Å². The zero-order chi connectivity index (χ0) is 19.6. The third-order valence-electron chi connectivity index (χ3n) is 3.48. The molecule has 2 aromatic carbocycles. The molecule has 0 aliphatic heterocycles. The molecule has 2 amide bonds. The molecule has 2 rings (SSSR count). The Bertz CT molecular complexity index is 785. The summed E-state index contributed by atoms with van der Waals surface area (Å²) in [6.45, 7) is 8.51. The maximum atomic E-state index is 12.4. The third-order valence-corrected chi connectivity index (χ3v) is 3.48. The molecule has 0 radical (unpaired) electrons. The second-order valence-corrected chi connectivity index (χ2v) is 6.23. The van der Waals surface area contributed by atoms with Gasteiger partial charge in [-0.15, -0.1) is 0 Å². The molecular weight excluding hydrogens is 344 g/mol. The molecule has 0 bridgehead atoms. The number of carbonyl (C=O) groups excluding carboxylic acids is 2. The minimum absolute atomic E-state index is 0.333. The van der Waals surface area contributed by atoms with Gasteiger partial charge in [0.15, 0.2) is 0 Å². The molecule has 0 saturated heterocycles.